The molecule has 0 saturated heterocycles. The normalized spacial score (nSPS) is 11.9. The molecule has 1 amide bonds. The maximum atomic E-state index is 13.7. The number of aromatic nitrogens is 1. The number of ether oxygens (including phenoxy) is 1. The molecule has 0 bridgehead atoms. The lowest BCUT2D eigenvalue weighted by molar-refractivity contribution is -0.139. The van der Waals surface area contributed by atoms with Gasteiger partial charge in [-0.3, -0.25) is 4.79 Å². The van der Waals surface area contributed by atoms with E-state index in [1.54, 1.807) is 18.2 Å². The van der Waals surface area contributed by atoms with Gasteiger partial charge in [-0.05, 0) is 12.1 Å². The summed E-state index contributed by atoms with van der Waals surface area (Å²) in [5, 5.41) is 11.8. The smallest absolute Gasteiger partial charge is 0.326 e. The largest absolute Gasteiger partial charge is 0.480 e. The molecule has 0 radical (unpaired) electrons. The summed E-state index contributed by atoms with van der Waals surface area (Å²) in [6.45, 7) is 0.209. The molecule has 1 heterocycles. The van der Waals surface area contributed by atoms with Gasteiger partial charge >= 0.3 is 5.97 Å². The van der Waals surface area contributed by atoms with Crippen molar-refractivity contribution in [3.63, 3.8) is 0 Å². The van der Waals surface area contributed by atoms with Gasteiger partial charge in [-0.2, -0.15) is 0 Å². The van der Waals surface area contributed by atoms with E-state index in [1.165, 1.54) is 19.4 Å². The van der Waals surface area contributed by atoms with E-state index >= 15 is 0 Å². The maximum absolute atomic E-state index is 13.7. The summed E-state index contributed by atoms with van der Waals surface area (Å²) in [5.74, 6) is -2.14. The van der Waals surface area contributed by atoms with Crippen LogP contribution in [0.4, 0.5) is 4.39 Å². The highest BCUT2D eigenvalue weighted by Gasteiger charge is 2.22. The van der Waals surface area contributed by atoms with Crippen LogP contribution in [0.15, 0.2) is 30.5 Å². The molecule has 8 heteroatoms. The monoisotopic (exact) mass is 338 g/mol. The first-order valence-corrected chi connectivity index (χ1v) is 7.58. The second-order valence-electron chi connectivity index (χ2n) is 4.66. The molecule has 1 aromatic heterocycles. The molecule has 122 valence electrons. The summed E-state index contributed by atoms with van der Waals surface area (Å²) in [4.78, 5) is 27.5. The van der Waals surface area contributed by atoms with Crippen molar-refractivity contribution in [1.29, 1.82) is 0 Å². The van der Waals surface area contributed by atoms with E-state index in [1.807, 2.05) is 0 Å². The quantitative estimate of drug-likeness (QED) is 0.808. The molecule has 0 aliphatic carbocycles. The van der Waals surface area contributed by atoms with E-state index in [-0.39, 0.29) is 17.9 Å². The Hall–Kier alpha value is -2.32. The summed E-state index contributed by atoms with van der Waals surface area (Å²) in [7, 11) is 1.45. The Labute approximate surface area is 135 Å². The molecule has 1 unspecified atom stereocenters. The molecule has 0 aliphatic heterocycles. The molecular formula is C15H15FN2O4S. The van der Waals surface area contributed by atoms with Crippen molar-refractivity contribution in [1.82, 2.24) is 10.3 Å². The Bertz CT molecular complexity index is 704. The Balaban J connectivity index is 2.12. The number of carbonyl (C=O) groups is 2. The first-order valence-electron chi connectivity index (χ1n) is 6.76. The molecule has 0 saturated carbocycles. The molecule has 0 spiro atoms. The van der Waals surface area contributed by atoms with Gasteiger partial charge in [-0.25, -0.2) is 14.2 Å². The van der Waals surface area contributed by atoms with Gasteiger partial charge in [-0.15, -0.1) is 11.3 Å². The highest BCUT2D eigenvalue weighted by molar-refractivity contribution is 7.16. The second-order valence-corrected chi connectivity index (χ2v) is 5.69. The minimum atomic E-state index is -1.14. The zero-order valence-electron chi connectivity index (χ0n) is 12.3. The standard InChI is InChI=1S/C15H15FN2O4S/c1-22-7-6-11(15(20)21)18-13(19)12-8-17-14(23-12)9-4-2-3-5-10(9)16/h2-5,8,11H,6-7H2,1H3,(H,18,19)(H,20,21). The number of thiazole rings is 1. The lowest BCUT2D eigenvalue weighted by atomic mass is 10.2. The predicted octanol–water partition coefficient (Wildman–Crippen LogP) is 2.17. The average molecular weight is 338 g/mol. The minimum Gasteiger partial charge on any atom is -0.480 e. The summed E-state index contributed by atoms with van der Waals surface area (Å²) in [6.07, 6.45) is 1.45. The van der Waals surface area contributed by atoms with Crippen LogP contribution < -0.4 is 5.32 Å². The fourth-order valence-corrected chi connectivity index (χ4v) is 2.71. The molecule has 6 nitrogen and oxygen atoms in total. The van der Waals surface area contributed by atoms with Crippen LogP contribution >= 0.6 is 11.3 Å². The predicted molar refractivity (Wildman–Crippen MR) is 82.9 cm³/mol. The van der Waals surface area contributed by atoms with E-state index in [2.05, 4.69) is 10.3 Å². The third-order valence-electron chi connectivity index (χ3n) is 3.05. The molecular weight excluding hydrogens is 323 g/mol. The van der Waals surface area contributed by atoms with Gasteiger partial charge in [0.1, 0.15) is 21.7 Å². The number of carboxylic acid groups (broad SMARTS) is 1. The zero-order valence-corrected chi connectivity index (χ0v) is 13.1. The van der Waals surface area contributed by atoms with Crippen molar-refractivity contribution in [2.75, 3.05) is 13.7 Å². The molecule has 1 atom stereocenters. The van der Waals surface area contributed by atoms with E-state index in [0.717, 1.165) is 11.3 Å². The van der Waals surface area contributed by atoms with Gasteiger partial charge in [0.05, 0.1) is 6.20 Å². The van der Waals surface area contributed by atoms with Crippen LogP contribution in [0.5, 0.6) is 0 Å². The Morgan fingerprint density at radius 2 is 2.17 bits per heavy atom. The lowest BCUT2D eigenvalue weighted by Crippen LogP contribution is -2.41. The van der Waals surface area contributed by atoms with Crippen LogP contribution in [0.3, 0.4) is 0 Å². The number of benzene rings is 1. The molecule has 0 aliphatic rings. The van der Waals surface area contributed by atoms with E-state index < -0.39 is 23.7 Å². The number of methoxy groups -OCH3 is 1. The molecule has 0 fully saturated rings. The highest BCUT2D eigenvalue weighted by atomic mass is 32.1. The van der Waals surface area contributed by atoms with Gasteiger partial charge in [0.25, 0.3) is 5.91 Å². The van der Waals surface area contributed by atoms with Crippen molar-refractivity contribution in [2.45, 2.75) is 12.5 Å². The summed E-state index contributed by atoms with van der Waals surface area (Å²) < 4.78 is 18.5. The SMILES string of the molecule is COCCC(NC(=O)c1cnc(-c2ccccc2F)s1)C(=O)O. The van der Waals surface area contributed by atoms with Crippen LogP contribution in [0.2, 0.25) is 0 Å². The Morgan fingerprint density at radius 1 is 1.43 bits per heavy atom. The first-order chi connectivity index (χ1) is 11.0. The van der Waals surface area contributed by atoms with Crippen LogP contribution in [-0.2, 0) is 9.53 Å². The summed E-state index contributed by atoms with van der Waals surface area (Å²) in [5.41, 5.74) is 0.297. The number of aliphatic carboxylic acids is 1. The van der Waals surface area contributed by atoms with Gasteiger partial charge in [0.2, 0.25) is 0 Å². The third kappa shape index (κ3) is 4.33. The Kier molecular flexibility index (Phi) is 5.78. The van der Waals surface area contributed by atoms with Crippen molar-refractivity contribution in [3.8, 4) is 10.6 Å². The second kappa shape index (κ2) is 7.80. The number of hydrogen-bond acceptors (Lipinski definition) is 5. The number of amides is 1. The number of carboxylic acids is 1. The number of nitrogens with zero attached hydrogens (tertiary/aromatic N) is 1. The van der Waals surface area contributed by atoms with Crippen molar-refractivity contribution < 1.29 is 23.8 Å². The average Bonchev–Trinajstić information content (AvgIpc) is 3.01. The van der Waals surface area contributed by atoms with E-state index in [0.29, 0.717) is 10.6 Å². The minimum absolute atomic E-state index is 0.149. The summed E-state index contributed by atoms with van der Waals surface area (Å²) in [6, 6.07) is 5.05. The number of halogens is 1. The van der Waals surface area contributed by atoms with Crippen molar-refractivity contribution >= 4 is 23.2 Å². The maximum Gasteiger partial charge on any atom is 0.326 e. The van der Waals surface area contributed by atoms with Crippen molar-refractivity contribution in [2.24, 2.45) is 0 Å². The molecule has 23 heavy (non-hydrogen) atoms. The number of nitrogens with one attached hydrogen (secondary N) is 1. The highest BCUT2D eigenvalue weighted by Crippen LogP contribution is 2.27. The van der Waals surface area contributed by atoms with Gasteiger partial charge < -0.3 is 15.2 Å². The molecule has 2 rings (SSSR count). The Morgan fingerprint density at radius 3 is 2.83 bits per heavy atom. The van der Waals surface area contributed by atoms with Gasteiger partial charge in [0, 0.05) is 25.7 Å². The summed E-state index contributed by atoms with van der Waals surface area (Å²) >= 11 is 0.998. The van der Waals surface area contributed by atoms with Gasteiger partial charge in [0.15, 0.2) is 0 Å². The van der Waals surface area contributed by atoms with Crippen LogP contribution in [0.1, 0.15) is 16.1 Å². The topological polar surface area (TPSA) is 88.5 Å². The van der Waals surface area contributed by atoms with E-state index in [4.69, 9.17) is 9.84 Å². The zero-order chi connectivity index (χ0) is 16.8. The van der Waals surface area contributed by atoms with E-state index in [9.17, 15) is 14.0 Å². The fourth-order valence-electron chi connectivity index (χ4n) is 1.86. The van der Waals surface area contributed by atoms with Crippen LogP contribution in [0.25, 0.3) is 10.6 Å². The number of carbonyl (C=O) groups excluding carboxylic acids is 1. The molecule has 2 N–H and O–H groups in total. The fraction of sp³-hybridized carbons (Fsp3) is 0.267. The van der Waals surface area contributed by atoms with Crippen LogP contribution in [0, 0.1) is 5.82 Å². The number of hydrogen-bond donors (Lipinski definition) is 2. The molecule has 2 aromatic rings. The van der Waals surface area contributed by atoms with Gasteiger partial charge in [-0.1, -0.05) is 12.1 Å². The van der Waals surface area contributed by atoms with Crippen molar-refractivity contribution in [3.05, 3.63) is 41.2 Å². The van der Waals surface area contributed by atoms with Crippen LogP contribution in [-0.4, -0.2) is 41.7 Å². The number of rotatable bonds is 7. The lowest BCUT2D eigenvalue weighted by Gasteiger charge is -2.12. The molecule has 1 aromatic carbocycles. The first kappa shape index (κ1) is 17.0. The third-order valence-corrected chi connectivity index (χ3v) is 4.08.